The maximum atomic E-state index is 13.7. The van der Waals surface area contributed by atoms with Gasteiger partial charge in [0.2, 0.25) is 34.8 Å². The third kappa shape index (κ3) is 4.41. The lowest BCUT2D eigenvalue weighted by molar-refractivity contribution is 0.0716. The van der Waals surface area contributed by atoms with E-state index < -0.39 is 54.6 Å². The van der Waals surface area contributed by atoms with Crippen LogP contribution in [0.2, 0.25) is 0 Å². The first-order valence-corrected chi connectivity index (χ1v) is 9.97. The fourth-order valence-corrected chi connectivity index (χ4v) is 3.46. The Hall–Kier alpha value is -3.32. The molecule has 0 heterocycles. The highest BCUT2D eigenvalue weighted by atomic mass is 31.2. The van der Waals surface area contributed by atoms with Gasteiger partial charge in [-0.1, -0.05) is 12.1 Å². The molecule has 3 aromatic carbocycles. The zero-order valence-corrected chi connectivity index (χ0v) is 15.9. The Bertz CT molecular complexity index is 1300. The maximum Gasteiger partial charge on any atom is 0.343 e. The number of fused-ring (bicyclic) bond motifs is 1. The molecule has 6 nitrogen and oxygen atoms in total. The molecule has 0 saturated heterocycles. The van der Waals surface area contributed by atoms with Crippen LogP contribution >= 0.6 is 7.60 Å². The van der Waals surface area contributed by atoms with Crippen molar-refractivity contribution in [1.82, 2.24) is 0 Å². The van der Waals surface area contributed by atoms with Crippen LogP contribution in [0.15, 0.2) is 30.3 Å². The molecule has 3 rings (SSSR count). The molecule has 2 N–H and O–H groups in total. The van der Waals surface area contributed by atoms with Crippen molar-refractivity contribution >= 4 is 24.3 Å². The van der Waals surface area contributed by atoms with Gasteiger partial charge in [0.25, 0.3) is 0 Å². The second-order valence-corrected chi connectivity index (χ2v) is 7.95. The van der Waals surface area contributed by atoms with Crippen molar-refractivity contribution in [2.24, 2.45) is 0 Å². The van der Waals surface area contributed by atoms with Gasteiger partial charge in [0, 0.05) is 0 Å². The summed E-state index contributed by atoms with van der Waals surface area (Å²) in [5, 5.41) is 9.68. The Kier molecular flexibility index (Phi) is 5.83. The predicted octanol–water partition coefficient (Wildman–Crippen LogP) is 4.30. The van der Waals surface area contributed by atoms with Crippen LogP contribution < -0.4 is 4.74 Å². The molecule has 3 aromatic rings. The van der Waals surface area contributed by atoms with Gasteiger partial charge in [0.15, 0.2) is 0 Å². The summed E-state index contributed by atoms with van der Waals surface area (Å²) in [4.78, 5) is 30.5. The lowest BCUT2D eigenvalue weighted by Gasteiger charge is -2.11. The molecule has 0 bridgehead atoms. The number of nitrogens with zero attached hydrogens (tertiary/aromatic N) is 1. The fraction of sp³-hybridized carbons (Fsp3) is 0.0526. The van der Waals surface area contributed by atoms with Gasteiger partial charge in [-0.15, -0.1) is 0 Å². The number of hydrogen-bond donors (Lipinski definition) is 2. The molecule has 0 aromatic heterocycles. The van der Waals surface area contributed by atoms with E-state index in [1.165, 1.54) is 18.2 Å². The average molecular weight is 457 g/mol. The minimum atomic E-state index is -4.48. The van der Waals surface area contributed by atoms with Crippen molar-refractivity contribution in [2.45, 2.75) is 6.16 Å². The molecule has 12 heteroatoms. The number of benzene rings is 3. The highest BCUT2D eigenvalue weighted by Gasteiger charge is 2.29. The second-order valence-electron chi connectivity index (χ2n) is 6.30. The number of rotatable bonds is 4. The van der Waals surface area contributed by atoms with Gasteiger partial charge in [-0.05, 0) is 34.5 Å². The molecule has 0 atom stereocenters. The second kappa shape index (κ2) is 8.07. The Morgan fingerprint density at radius 3 is 2.10 bits per heavy atom. The van der Waals surface area contributed by atoms with Crippen LogP contribution in [0.3, 0.4) is 0 Å². The Morgan fingerprint density at radius 1 is 0.968 bits per heavy atom. The minimum Gasteiger partial charge on any atom is -0.416 e. The monoisotopic (exact) mass is 457 g/mol. The number of nitriles is 1. The molecular formula is C19H9F5NO5P. The van der Waals surface area contributed by atoms with Gasteiger partial charge < -0.3 is 14.5 Å². The molecule has 0 amide bonds. The topological polar surface area (TPSA) is 108 Å². The number of halogens is 5. The third-order valence-corrected chi connectivity index (χ3v) is 4.90. The Labute approximate surface area is 170 Å². The molecule has 0 unspecified atom stereocenters. The molecule has 0 fully saturated rings. The van der Waals surface area contributed by atoms with Crippen LogP contribution in [0.5, 0.6) is 5.75 Å². The third-order valence-electron chi connectivity index (χ3n) is 4.12. The van der Waals surface area contributed by atoms with Crippen molar-refractivity contribution < 1.29 is 45.8 Å². The SMILES string of the molecule is N#Cc1cc(CP(=O)(O)O)cc2cc(C(=O)Oc3c(F)c(F)c(F)c(F)c3F)ccc12. The minimum absolute atomic E-state index is 0.0284. The summed E-state index contributed by atoms with van der Waals surface area (Å²) in [6, 6.07) is 7.76. The lowest BCUT2D eigenvalue weighted by atomic mass is 10.00. The van der Waals surface area contributed by atoms with E-state index in [9.17, 15) is 36.6 Å². The molecule has 0 aliphatic rings. The standard InChI is InChI=1S/C19H9F5NO5P/c20-13-14(21)16(23)18(17(24)15(13)22)30-19(26)9-1-2-12-10(5-9)3-8(4-11(12)6-25)7-31(27,28)29/h1-5H,7H2,(H2,27,28,29). The van der Waals surface area contributed by atoms with Crippen LogP contribution in [0.4, 0.5) is 22.0 Å². The normalized spacial score (nSPS) is 11.4. The molecule has 0 saturated carbocycles. The van der Waals surface area contributed by atoms with Gasteiger partial charge in [-0.2, -0.15) is 14.0 Å². The molecule has 31 heavy (non-hydrogen) atoms. The highest BCUT2D eigenvalue weighted by molar-refractivity contribution is 7.50. The van der Waals surface area contributed by atoms with Gasteiger partial charge >= 0.3 is 13.6 Å². The summed E-state index contributed by atoms with van der Waals surface area (Å²) >= 11 is 0. The van der Waals surface area contributed by atoms with Crippen molar-refractivity contribution in [3.63, 3.8) is 0 Å². The number of esters is 1. The van der Waals surface area contributed by atoms with E-state index in [0.717, 1.165) is 12.1 Å². The number of hydrogen-bond acceptors (Lipinski definition) is 4. The van der Waals surface area contributed by atoms with Gasteiger partial charge in [0.1, 0.15) is 0 Å². The van der Waals surface area contributed by atoms with Crippen LogP contribution in [-0.4, -0.2) is 15.8 Å². The van der Waals surface area contributed by atoms with E-state index in [1.807, 2.05) is 6.07 Å². The van der Waals surface area contributed by atoms with E-state index in [1.54, 1.807) is 0 Å². The smallest absolute Gasteiger partial charge is 0.343 e. The van der Waals surface area contributed by atoms with Crippen molar-refractivity contribution in [2.75, 3.05) is 0 Å². The molecule has 0 radical (unpaired) electrons. The van der Waals surface area contributed by atoms with Crippen LogP contribution in [0, 0.1) is 40.4 Å². The van der Waals surface area contributed by atoms with E-state index in [0.29, 0.717) is 0 Å². The van der Waals surface area contributed by atoms with Crippen LogP contribution in [0.25, 0.3) is 10.8 Å². The summed E-state index contributed by atoms with van der Waals surface area (Å²) in [5.74, 6) is -14.9. The summed E-state index contributed by atoms with van der Waals surface area (Å²) in [5.41, 5.74) is -0.281. The first kappa shape index (κ1) is 22.4. The first-order valence-electron chi connectivity index (χ1n) is 8.18. The lowest BCUT2D eigenvalue weighted by Crippen LogP contribution is -2.13. The first-order chi connectivity index (χ1) is 14.4. The predicted molar refractivity (Wildman–Crippen MR) is 95.6 cm³/mol. The summed E-state index contributed by atoms with van der Waals surface area (Å²) < 4.78 is 82.7. The average Bonchev–Trinajstić information content (AvgIpc) is 2.71. The van der Waals surface area contributed by atoms with E-state index >= 15 is 0 Å². The molecule has 0 spiro atoms. The van der Waals surface area contributed by atoms with Crippen molar-refractivity contribution in [3.8, 4) is 11.8 Å². The van der Waals surface area contributed by atoms with Gasteiger partial charge in [-0.25, -0.2) is 18.0 Å². The van der Waals surface area contributed by atoms with E-state index in [-0.39, 0.29) is 27.5 Å². The summed E-state index contributed by atoms with van der Waals surface area (Å²) in [7, 11) is -4.48. The quantitative estimate of drug-likeness (QED) is 0.151. The van der Waals surface area contributed by atoms with Crippen LogP contribution in [-0.2, 0) is 10.7 Å². The molecule has 0 aliphatic heterocycles. The van der Waals surface area contributed by atoms with Gasteiger partial charge in [-0.3, -0.25) is 4.57 Å². The zero-order chi connectivity index (χ0) is 23.1. The maximum absolute atomic E-state index is 13.7. The Balaban J connectivity index is 2.05. The highest BCUT2D eigenvalue weighted by Crippen LogP contribution is 2.40. The zero-order valence-electron chi connectivity index (χ0n) is 15.0. The largest absolute Gasteiger partial charge is 0.416 e. The number of carbonyl (C=O) groups excluding carboxylic acids is 1. The van der Waals surface area contributed by atoms with E-state index in [4.69, 9.17) is 9.79 Å². The van der Waals surface area contributed by atoms with E-state index in [2.05, 4.69) is 4.74 Å². The van der Waals surface area contributed by atoms with Crippen molar-refractivity contribution in [1.29, 1.82) is 5.26 Å². The van der Waals surface area contributed by atoms with Gasteiger partial charge in [0.05, 0.1) is 23.4 Å². The summed E-state index contributed by atoms with van der Waals surface area (Å²) in [6.45, 7) is 0. The Morgan fingerprint density at radius 2 is 1.55 bits per heavy atom. The fourth-order valence-electron chi connectivity index (χ4n) is 2.81. The van der Waals surface area contributed by atoms with Crippen molar-refractivity contribution in [3.05, 3.63) is 76.1 Å². The number of carbonyl (C=O) groups is 1. The molecule has 160 valence electrons. The number of ether oxygens (including phenoxy) is 1. The summed E-state index contributed by atoms with van der Waals surface area (Å²) in [6.07, 6.45) is -0.698. The molecular weight excluding hydrogens is 448 g/mol. The van der Waals surface area contributed by atoms with Crippen LogP contribution in [0.1, 0.15) is 21.5 Å². The molecule has 0 aliphatic carbocycles.